The van der Waals surface area contributed by atoms with Gasteiger partial charge < -0.3 is 20.4 Å². The van der Waals surface area contributed by atoms with Gasteiger partial charge in [-0.1, -0.05) is 0 Å². The standard InChI is InChI=1S/C10H14O7/c1-10(16,17)5-3-6(11)4(2-7(12)13)8(5)9(14)15/h4-5,8,16-17H,2-3H2,1H3,(H,12,13)(H,14,15)/t4-,5-,8+/m1/s1. The maximum atomic E-state index is 11.5. The molecule has 0 aliphatic heterocycles. The quantitative estimate of drug-likeness (QED) is 0.471. The Bertz CT molecular complexity index is 354. The highest BCUT2D eigenvalue weighted by Crippen LogP contribution is 2.41. The van der Waals surface area contributed by atoms with E-state index in [1.807, 2.05) is 0 Å². The van der Waals surface area contributed by atoms with Crippen LogP contribution in [0.15, 0.2) is 0 Å². The largest absolute Gasteiger partial charge is 0.481 e. The third-order valence-electron chi connectivity index (χ3n) is 3.08. The summed E-state index contributed by atoms with van der Waals surface area (Å²) in [5.74, 6) is -9.30. The molecule has 7 heteroatoms. The summed E-state index contributed by atoms with van der Waals surface area (Å²) >= 11 is 0. The Kier molecular flexibility index (Phi) is 3.53. The number of hydrogen-bond donors (Lipinski definition) is 4. The third-order valence-corrected chi connectivity index (χ3v) is 3.08. The van der Waals surface area contributed by atoms with Crippen LogP contribution in [0, 0.1) is 17.8 Å². The van der Waals surface area contributed by atoms with Crippen LogP contribution in [0.4, 0.5) is 0 Å². The van der Waals surface area contributed by atoms with E-state index in [2.05, 4.69) is 0 Å². The number of carbonyl (C=O) groups is 3. The number of carboxylic acids is 2. The summed E-state index contributed by atoms with van der Waals surface area (Å²) in [5.41, 5.74) is 0. The lowest BCUT2D eigenvalue weighted by atomic mass is 9.83. The van der Waals surface area contributed by atoms with Gasteiger partial charge in [0.2, 0.25) is 0 Å². The first kappa shape index (κ1) is 13.6. The fraction of sp³-hybridized carbons (Fsp3) is 0.700. The molecule has 4 N–H and O–H groups in total. The summed E-state index contributed by atoms with van der Waals surface area (Å²) in [6.45, 7) is 0.990. The lowest BCUT2D eigenvalue weighted by Gasteiger charge is -2.27. The molecular weight excluding hydrogens is 232 g/mol. The Hall–Kier alpha value is -1.47. The second-order valence-electron chi connectivity index (χ2n) is 4.44. The van der Waals surface area contributed by atoms with Crippen molar-refractivity contribution in [3.63, 3.8) is 0 Å². The topological polar surface area (TPSA) is 132 Å². The first-order valence-electron chi connectivity index (χ1n) is 5.06. The maximum absolute atomic E-state index is 11.5. The first-order chi connectivity index (χ1) is 7.64. The number of carbonyl (C=O) groups excluding carboxylic acids is 1. The Morgan fingerprint density at radius 1 is 1.35 bits per heavy atom. The van der Waals surface area contributed by atoms with Crippen molar-refractivity contribution < 1.29 is 34.8 Å². The summed E-state index contributed by atoms with van der Waals surface area (Å²) in [6, 6.07) is 0. The van der Waals surface area contributed by atoms with Crippen LogP contribution in [-0.2, 0) is 14.4 Å². The molecule has 7 nitrogen and oxygen atoms in total. The normalized spacial score (nSPS) is 29.4. The molecule has 0 aromatic carbocycles. The number of rotatable bonds is 4. The second-order valence-corrected chi connectivity index (χ2v) is 4.44. The summed E-state index contributed by atoms with van der Waals surface area (Å²) < 4.78 is 0. The van der Waals surface area contributed by atoms with Gasteiger partial charge in [0.15, 0.2) is 5.79 Å². The smallest absolute Gasteiger partial charge is 0.307 e. The molecule has 1 saturated carbocycles. The van der Waals surface area contributed by atoms with Crippen LogP contribution in [0.5, 0.6) is 0 Å². The van der Waals surface area contributed by atoms with Gasteiger partial charge in [0.25, 0.3) is 0 Å². The minimum absolute atomic E-state index is 0.335. The molecule has 1 aliphatic rings. The molecule has 96 valence electrons. The Labute approximate surface area is 96.7 Å². The van der Waals surface area contributed by atoms with Crippen molar-refractivity contribution in [2.45, 2.75) is 25.6 Å². The van der Waals surface area contributed by atoms with E-state index in [1.165, 1.54) is 0 Å². The SMILES string of the molecule is CC(O)(O)[C@@H]1CC(=O)[C@@H](CC(=O)O)[C@@H]1C(=O)O. The number of carboxylic acid groups (broad SMARTS) is 2. The van der Waals surface area contributed by atoms with E-state index in [9.17, 15) is 24.6 Å². The summed E-state index contributed by atoms with van der Waals surface area (Å²) in [4.78, 5) is 33.1. The lowest BCUT2D eigenvalue weighted by molar-refractivity contribution is -0.201. The predicted molar refractivity (Wildman–Crippen MR) is 52.8 cm³/mol. The monoisotopic (exact) mass is 246 g/mol. The van der Waals surface area contributed by atoms with Gasteiger partial charge in [-0.25, -0.2) is 0 Å². The highest BCUT2D eigenvalue weighted by Gasteiger charge is 2.53. The molecule has 1 rings (SSSR count). The van der Waals surface area contributed by atoms with E-state index < -0.39 is 47.7 Å². The molecule has 17 heavy (non-hydrogen) atoms. The van der Waals surface area contributed by atoms with Crippen molar-refractivity contribution >= 4 is 17.7 Å². The van der Waals surface area contributed by atoms with Gasteiger partial charge in [0.05, 0.1) is 12.3 Å². The van der Waals surface area contributed by atoms with Gasteiger partial charge in [-0.3, -0.25) is 14.4 Å². The van der Waals surface area contributed by atoms with Crippen LogP contribution < -0.4 is 0 Å². The first-order valence-corrected chi connectivity index (χ1v) is 5.06. The Morgan fingerprint density at radius 2 is 1.88 bits per heavy atom. The van der Waals surface area contributed by atoms with Crippen LogP contribution >= 0.6 is 0 Å². The molecule has 1 aliphatic carbocycles. The molecule has 0 bridgehead atoms. The molecule has 3 atom stereocenters. The minimum Gasteiger partial charge on any atom is -0.481 e. The van der Waals surface area contributed by atoms with Gasteiger partial charge in [-0.15, -0.1) is 0 Å². The molecule has 0 amide bonds. The number of aliphatic hydroxyl groups is 2. The summed E-state index contributed by atoms with van der Waals surface area (Å²) in [5, 5.41) is 36.4. The third kappa shape index (κ3) is 2.80. The van der Waals surface area contributed by atoms with Crippen molar-refractivity contribution in [1.82, 2.24) is 0 Å². The predicted octanol–water partition coefficient (Wildman–Crippen LogP) is -0.932. The van der Waals surface area contributed by atoms with Gasteiger partial charge in [0, 0.05) is 18.3 Å². The van der Waals surface area contributed by atoms with Gasteiger partial charge in [-0.05, 0) is 6.92 Å². The second kappa shape index (κ2) is 4.42. The average Bonchev–Trinajstić information content (AvgIpc) is 2.42. The molecule has 0 unspecified atom stereocenters. The van der Waals surface area contributed by atoms with Crippen LogP contribution in [0.2, 0.25) is 0 Å². The van der Waals surface area contributed by atoms with Crippen molar-refractivity contribution in [1.29, 1.82) is 0 Å². The molecule has 0 spiro atoms. The summed E-state index contributed by atoms with van der Waals surface area (Å²) in [7, 11) is 0. The van der Waals surface area contributed by atoms with Crippen molar-refractivity contribution in [2.75, 3.05) is 0 Å². The molecule has 0 saturated heterocycles. The van der Waals surface area contributed by atoms with Gasteiger partial charge >= 0.3 is 11.9 Å². The minimum atomic E-state index is -2.31. The van der Waals surface area contributed by atoms with Crippen molar-refractivity contribution in [2.24, 2.45) is 17.8 Å². The van der Waals surface area contributed by atoms with Crippen LogP contribution in [0.1, 0.15) is 19.8 Å². The molecular formula is C10H14O7. The summed E-state index contributed by atoms with van der Waals surface area (Å²) in [6.07, 6.45) is -0.944. The zero-order chi connectivity index (χ0) is 13.4. The van der Waals surface area contributed by atoms with Crippen LogP contribution in [-0.4, -0.2) is 43.9 Å². The molecule has 0 radical (unpaired) electrons. The van der Waals surface area contributed by atoms with Crippen molar-refractivity contribution in [3.8, 4) is 0 Å². The van der Waals surface area contributed by atoms with Crippen LogP contribution in [0.25, 0.3) is 0 Å². The fourth-order valence-corrected chi connectivity index (χ4v) is 2.28. The molecule has 0 heterocycles. The van der Waals surface area contributed by atoms with E-state index in [1.54, 1.807) is 0 Å². The van der Waals surface area contributed by atoms with Gasteiger partial charge in [-0.2, -0.15) is 0 Å². The highest BCUT2D eigenvalue weighted by atomic mass is 16.5. The Morgan fingerprint density at radius 3 is 2.24 bits per heavy atom. The van der Waals surface area contributed by atoms with Crippen LogP contribution in [0.3, 0.4) is 0 Å². The highest BCUT2D eigenvalue weighted by molar-refractivity contribution is 5.92. The lowest BCUT2D eigenvalue weighted by Crippen LogP contribution is -2.41. The van der Waals surface area contributed by atoms with Gasteiger partial charge in [0.1, 0.15) is 5.78 Å². The number of aliphatic carboxylic acids is 2. The fourth-order valence-electron chi connectivity index (χ4n) is 2.28. The molecule has 1 fully saturated rings. The van der Waals surface area contributed by atoms with Crippen molar-refractivity contribution in [3.05, 3.63) is 0 Å². The zero-order valence-electron chi connectivity index (χ0n) is 9.16. The zero-order valence-corrected chi connectivity index (χ0v) is 9.16. The number of ketones is 1. The van der Waals surface area contributed by atoms with E-state index in [-0.39, 0.29) is 6.42 Å². The van der Waals surface area contributed by atoms with E-state index in [0.29, 0.717) is 0 Å². The van der Waals surface area contributed by atoms with E-state index >= 15 is 0 Å². The number of hydrogen-bond acceptors (Lipinski definition) is 5. The average molecular weight is 246 g/mol. The number of Topliss-reactive ketones (excluding diaryl/α,β-unsaturated/α-hetero) is 1. The molecule has 0 aromatic rings. The van der Waals surface area contributed by atoms with E-state index in [4.69, 9.17) is 10.2 Å². The van der Waals surface area contributed by atoms with E-state index in [0.717, 1.165) is 6.92 Å². The maximum Gasteiger partial charge on any atom is 0.307 e. The molecule has 0 aromatic heterocycles. The Balaban J connectivity index is 3.03.